The van der Waals surface area contributed by atoms with Gasteiger partial charge in [-0.05, 0) is 44.3 Å². The predicted molar refractivity (Wildman–Crippen MR) is 78.4 cm³/mol. The number of carbonyl (C=O) groups is 2. The van der Waals surface area contributed by atoms with Gasteiger partial charge in [0.1, 0.15) is 0 Å². The smallest absolute Gasteiger partial charge is 0.303 e. The number of carbonyl (C=O) groups excluding carboxylic acids is 1. The maximum Gasteiger partial charge on any atom is 0.303 e. The third-order valence-electron chi connectivity index (χ3n) is 3.88. The van der Waals surface area contributed by atoms with Crippen LogP contribution in [0, 0.1) is 5.92 Å². The maximum absolute atomic E-state index is 12.1. The number of carboxylic acid groups (broad SMARTS) is 1. The minimum absolute atomic E-state index is 0.142. The molecular weight excluding hydrogens is 262 g/mol. The number of rotatable bonds is 8. The van der Waals surface area contributed by atoms with E-state index >= 15 is 0 Å². The van der Waals surface area contributed by atoms with Gasteiger partial charge >= 0.3 is 5.97 Å². The average Bonchev–Trinajstić information content (AvgIpc) is 2.81. The summed E-state index contributed by atoms with van der Waals surface area (Å²) in [5, 5.41) is 11.7. The van der Waals surface area contributed by atoms with Crippen LogP contribution in [0.4, 0.5) is 0 Å². The first-order valence-corrected chi connectivity index (χ1v) is 8.10. The molecular formula is C14H25NO3S. The Hall–Kier alpha value is -0.710. The molecule has 2 unspecified atom stereocenters. The fourth-order valence-corrected chi connectivity index (χ4v) is 3.65. The summed E-state index contributed by atoms with van der Waals surface area (Å²) in [5.41, 5.74) is 0. The summed E-state index contributed by atoms with van der Waals surface area (Å²) in [7, 11) is 0. The van der Waals surface area contributed by atoms with E-state index in [4.69, 9.17) is 5.11 Å². The molecule has 2 atom stereocenters. The Kier molecular flexibility index (Phi) is 6.69. The highest BCUT2D eigenvalue weighted by molar-refractivity contribution is 8.01. The molecule has 0 aromatic rings. The standard InChI is InChI=1S/C14H25NO3S/c1-3-11(5-6-12(16)17)7-9-15-13(18)14(2)8-4-10-19-14/h11H,3-10H2,1-2H3,(H,15,18)(H,16,17). The van der Waals surface area contributed by atoms with Crippen molar-refractivity contribution in [2.24, 2.45) is 5.92 Å². The Morgan fingerprint density at radius 1 is 1.42 bits per heavy atom. The topological polar surface area (TPSA) is 66.4 Å². The molecule has 0 aliphatic carbocycles. The van der Waals surface area contributed by atoms with Crippen LogP contribution < -0.4 is 5.32 Å². The van der Waals surface area contributed by atoms with Gasteiger partial charge in [0.2, 0.25) is 5.91 Å². The fraction of sp³-hybridized carbons (Fsp3) is 0.857. The predicted octanol–water partition coefficient (Wildman–Crippen LogP) is 2.67. The van der Waals surface area contributed by atoms with Crippen LogP contribution in [0.15, 0.2) is 0 Å². The van der Waals surface area contributed by atoms with Crippen molar-refractivity contribution in [1.29, 1.82) is 0 Å². The van der Waals surface area contributed by atoms with Crippen LogP contribution in [0.3, 0.4) is 0 Å². The molecule has 2 N–H and O–H groups in total. The molecule has 1 rings (SSSR count). The molecule has 5 heteroatoms. The normalized spacial score (nSPS) is 24.1. The summed E-state index contributed by atoms with van der Waals surface area (Å²) < 4.78 is -0.247. The molecule has 19 heavy (non-hydrogen) atoms. The third-order valence-corrected chi connectivity index (χ3v) is 5.40. The van der Waals surface area contributed by atoms with Crippen molar-refractivity contribution in [3.8, 4) is 0 Å². The van der Waals surface area contributed by atoms with Crippen LogP contribution in [0.25, 0.3) is 0 Å². The summed E-state index contributed by atoms with van der Waals surface area (Å²) in [6, 6.07) is 0. The van der Waals surface area contributed by atoms with E-state index in [0.29, 0.717) is 18.9 Å². The fourth-order valence-electron chi connectivity index (χ4n) is 2.42. The van der Waals surface area contributed by atoms with E-state index in [2.05, 4.69) is 12.2 Å². The second-order valence-corrected chi connectivity index (χ2v) is 7.03. The van der Waals surface area contributed by atoms with Crippen molar-refractivity contribution in [3.63, 3.8) is 0 Å². The first kappa shape index (κ1) is 16.3. The van der Waals surface area contributed by atoms with E-state index < -0.39 is 5.97 Å². The minimum Gasteiger partial charge on any atom is -0.481 e. The third kappa shape index (κ3) is 5.43. The van der Waals surface area contributed by atoms with E-state index in [1.807, 2.05) is 6.92 Å². The SMILES string of the molecule is CCC(CCNC(=O)C1(C)CCCS1)CCC(=O)O. The van der Waals surface area contributed by atoms with Crippen LogP contribution in [0.2, 0.25) is 0 Å². The van der Waals surface area contributed by atoms with Crippen molar-refractivity contribution < 1.29 is 14.7 Å². The van der Waals surface area contributed by atoms with Gasteiger partial charge in [-0.2, -0.15) is 0 Å². The summed E-state index contributed by atoms with van der Waals surface area (Å²) in [6.45, 7) is 4.75. The number of thioether (sulfide) groups is 1. The molecule has 1 aliphatic rings. The maximum atomic E-state index is 12.1. The zero-order valence-electron chi connectivity index (χ0n) is 11.9. The summed E-state index contributed by atoms with van der Waals surface area (Å²) >= 11 is 1.74. The highest BCUT2D eigenvalue weighted by Crippen LogP contribution is 2.37. The average molecular weight is 287 g/mol. The van der Waals surface area contributed by atoms with E-state index in [9.17, 15) is 9.59 Å². The lowest BCUT2D eigenvalue weighted by Crippen LogP contribution is -2.41. The van der Waals surface area contributed by atoms with Gasteiger partial charge < -0.3 is 10.4 Å². The van der Waals surface area contributed by atoms with Gasteiger partial charge in [0.05, 0.1) is 4.75 Å². The highest BCUT2D eigenvalue weighted by atomic mass is 32.2. The van der Waals surface area contributed by atoms with Crippen molar-refractivity contribution in [2.45, 2.75) is 57.1 Å². The number of nitrogens with one attached hydrogen (secondary N) is 1. The first-order valence-electron chi connectivity index (χ1n) is 7.12. The molecule has 0 spiro atoms. The Labute approximate surface area is 119 Å². The second kappa shape index (κ2) is 7.78. The van der Waals surface area contributed by atoms with Crippen molar-refractivity contribution in [3.05, 3.63) is 0 Å². The molecule has 0 saturated carbocycles. The number of aliphatic carboxylic acids is 1. The molecule has 1 amide bonds. The molecule has 1 aliphatic heterocycles. The van der Waals surface area contributed by atoms with Gasteiger partial charge in [-0.15, -0.1) is 11.8 Å². The van der Waals surface area contributed by atoms with Crippen LogP contribution in [-0.4, -0.2) is 34.0 Å². The number of carboxylic acids is 1. The molecule has 1 heterocycles. The van der Waals surface area contributed by atoms with Crippen LogP contribution in [0.5, 0.6) is 0 Å². The molecule has 1 fully saturated rings. The summed E-state index contributed by atoms with van der Waals surface area (Å²) in [6.07, 6.45) is 4.84. The monoisotopic (exact) mass is 287 g/mol. The van der Waals surface area contributed by atoms with Crippen LogP contribution >= 0.6 is 11.8 Å². The quantitative estimate of drug-likeness (QED) is 0.720. The van der Waals surface area contributed by atoms with E-state index in [0.717, 1.165) is 31.4 Å². The molecule has 0 aromatic heterocycles. The van der Waals surface area contributed by atoms with Crippen molar-refractivity contribution >= 4 is 23.6 Å². The Morgan fingerprint density at radius 3 is 2.68 bits per heavy atom. The van der Waals surface area contributed by atoms with Gasteiger partial charge in [0, 0.05) is 13.0 Å². The van der Waals surface area contributed by atoms with E-state index in [1.54, 1.807) is 11.8 Å². The largest absolute Gasteiger partial charge is 0.481 e. The molecule has 4 nitrogen and oxygen atoms in total. The number of hydrogen-bond acceptors (Lipinski definition) is 3. The Morgan fingerprint density at radius 2 is 2.16 bits per heavy atom. The molecule has 1 saturated heterocycles. The minimum atomic E-state index is -0.739. The second-order valence-electron chi connectivity index (χ2n) is 5.43. The van der Waals surface area contributed by atoms with Gasteiger partial charge in [-0.1, -0.05) is 13.3 Å². The van der Waals surface area contributed by atoms with Crippen molar-refractivity contribution in [1.82, 2.24) is 5.32 Å². The molecule has 110 valence electrons. The number of hydrogen-bond donors (Lipinski definition) is 2. The van der Waals surface area contributed by atoms with Gasteiger partial charge in [-0.25, -0.2) is 0 Å². The molecule has 0 aromatic carbocycles. The van der Waals surface area contributed by atoms with Crippen LogP contribution in [0.1, 0.15) is 52.4 Å². The first-order chi connectivity index (χ1) is 8.98. The molecule has 0 radical (unpaired) electrons. The Balaban J connectivity index is 2.24. The summed E-state index contributed by atoms with van der Waals surface area (Å²) in [5.74, 6) is 0.862. The highest BCUT2D eigenvalue weighted by Gasteiger charge is 2.36. The lowest BCUT2D eigenvalue weighted by atomic mass is 9.96. The van der Waals surface area contributed by atoms with E-state index in [1.165, 1.54) is 0 Å². The lowest BCUT2D eigenvalue weighted by Gasteiger charge is -2.22. The van der Waals surface area contributed by atoms with Gasteiger partial charge in [-0.3, -0.25) is 9.59 Å². The molecule has 0 bridgehead atoms. The Bertz CT molecular complexity index is 314. The zero-order chi connectivity index (χ0) is 14.3. The van der Waals surface area contributed by atoms with Gasteiger partial charge in [0.25, 0.3) is 0 Å². The summed E-state index contributed by atoms with van der Waals surface area (Å²) in [4.78, 5) is 22.6. The van der Waals surface area contributed by atoms with Gasteiger partial charge in [0.15, 0.2) is 0 Å². The zero-order valence-corrected chi connectivity index (χ0v) is 12.7. The lowest BCUT2D eigenvalue weighted by molar-refractivity contribution is -0.137. The van der Waals surface area contributed by atoms with Crippen molar-refractivity contribution in [2.75, 3.05) is 12.3 Å². The number of amides is 1. The van der Waals surface area contributed by atoms with Crippen LogP contribution in [-0.2, 0) is 9.59 Å². The van der Waals surface area contributed by atoms with E-state index in [-0.39, 0.29) is 17.1 Å².